The van der Waals surface area contributed by atoms with Gasteiger partial charge in [0.15, 0.2) is 0 Å². The van der Waals surface area contributed by atoms with Crippen molar-refractivity contribution in [2.45, 2.75) is 27.2 Å². The second-order valence-electron chi connectivity index (χ2n) is 3.31. The third-order valence-corrected chi connectivity index (χ3v) is 0.902. The van der Waals surface area contributed by atoms with Crippen LogP contribution < -0.4 is 0 Å². The molecule has 0 unspecified atom stereocenters. The van der Waals surface area contributed by atoms with Crippen LogP contribution in [0.2, 0.25) is 0 Å². The Balaban J connectivity index is 0. The van der Waals surface area contributed by atoms with E-state index in [0.717, 1.165) is 0 Å². The van der Waals surface area contributed by atoms with Gasteiger partial charge in [-0.3, -0.25) is 4.79 Å². The molecular formula is C8H16O3. The molecule has 0 rings (SSSR count). The summed E-state index contributed by atoms with van der Waals surface area (Å²) in [5.74, 6) is -0.137. The summed E-state index contributed by atoms with van der Waals surface area (Å²) in [6, 6.07) is 0. The van der Waals surface area contributed by atoms with Gasteiger partial charge in [0.1, 0.15) is 6.79 Å². The SMILES string of the molecule is C=O.COC(=O)CC(C)(C)C. The van der Waals surface area contributed by atoms with Gasteiger partial charge in [-0.1, -0.05) is 20.8 Å². The van der Waals surface area contributed by atoms with Crippen LogP contribution in [-0.4, -0.2) is 19.9 Å². The number of rotatable bonds is 1. The quantitative estimate of drug-likeness (QED) is 0.545. The summed E-state index contributed by atoms with van der Waals surface area (Å²) >= 11 is 0. The zero-order valence-corrected chi connectivity index (χ0v) is 7.64. The molecule has 3 nitrogen and oxygen atoms in total. The molecule has 0 saturated carbocycles. The number of hydrogen-bond acceptors (Lipinski definition) is 3. The summed E-state index contributed by atoms with van der Waals surface area (Å²) in [4.78, 5) is 18.6. The molecule has 0 heterocycles. The number of methoxy groups -OCH3 is 1. The molecule has 0 fully saturated rings. The fraction of sp³-hybridized carbons (Fsp3) is 0.750. The fourth-order valence-corrected chi connectivity index (χ4v) is 0.505. The van der Waals surface area contributed by atoms with Gasteiger partial charge in [-0.25, -0.2) is 0 Å². The highest BCUT2D eigenvalue weighted by molar-refractivity contribution is 5.69. The van der Waals surface area contributed by atoms with E-state index < -0.39 is 0 Å². The summed E-state index contributed by atoms with van der Waals surface area (Å²) in [5, 5.41) is 0. The maximum Gasteiger partial charge on any atom is 0.306 e. The predicted molar refractivity (Wildman–Crippen MR) is 43.2 cm³/mol. The number of hydrogen-bond donors (Lipinski definition) is 0. The van der Waals surface area contributed by atoms with E-state index in [1.807, 2.05) is 27.6 Å². The molecule has 0 radical (unpaired) electrons. The third kappa shape index (κ3) is 12.4. The molecule has 0 spiro atoms. The monoisotopic (exact) mass is 160 g/mol. The molecule has 0 aromatic heterocycles. The smallest absolute Gasteiger partial charge is 0.306 e. The predicted octanol–water partition coefficient (Wildman–Crippen LogP) is 1.41. The lowest BCUT2D eigenvalue weighted by Gasteiger charge is -2.14. The topological polar surface area (TPSA) is 43.4 Å². The third-order valence-electron chi connectivity index (χ3n) is 0.902. The summed E-state index contributed by atoms with van der Waals surface area (Å²) < 4.78 is 4.49. The number of ether oxygens (including phenoxy) is 1. The van der Waals surface area contributed by atoms with E-state index in [4.69, 9.17) is 4.79 Å². The number of esters is 1. The Morgan fingerprint density at radius 2 is 1.73 bits per heavy atom. The van der Waals surface area contributed by atoms with Crippen LogP contribution in [0, 0.1) is 5.41 Å². The highest BCUT2D eigenvalue weighted by Gasteiger charge is 2.15. The van der Waals surface area contributed by atoms with Crippen LogP contribution in [0.3, 0.4) is 0 Å². The van der Waals surface area contributed by atoms with Gasteiger partial charge >= 0.3 is 5.97 Å². The fourth-order valence-electron chi connectivity index (χ4n) is 0.505. The van der Waals surface area contributed by atoms with E-state index in [2.05, 4.69) is 4.74 Å². The lowest BCUT2D eigenvalue weighted by atomic mass is 9.93. The molecular weight excluding hydrogens is 144 g/mol. The first-order chi connectivity index (χ1) is 4.95. The Morgan fingerprint density at radius 1 is 1.36 bits per heavy atom. The van der Waals surface area contributed by atoms with Crippen LogP contribution in [0.5, 0.6) is 0 Å². The molecule has 0 aliphatic carbocycles. The minimum atomic E-state index is -0.137. The molecule has 0 N–H and O–H groups in total. The average molecular weight is 160 g/mol. The first-order valence-corrected chi connectivity index (χ1v) is 3.31. The van der Waals surface area contributed by atoms with E-state index in [1.165, 1.54) is 7.11 Å². The Labute approximate surface area is 67.7 Å². The van der Waals surface area contributed by atoms with Crippen molar-refractivity contribution in [2.75, 3.05) is 7.11 Å². The van der Waals surface area contributed by atoms with Crippen molar-refractivity contribution >= 4 is 12.8 Å². The van der Waals surface area contributed by atoms with Gasteiger partial charge in [-0.2, -0.15) is 0 Å². The highest BCUT2D eigenvalue weighted by Crippen LogP contribution is 2.18. The van der Waals surface area contributed by atoms with Crippen LogP contribution in [0.4, 0.5) is 0 Å². The van der Waals surface area contributed by atoms with Crippen molar-refractivity contribution in [2.24, 2.45) is 5.41 Å². The lowest BCUT2D eigenvalue weighted by Crippen LogP contribution is -2.13. The van der Waals surface area contributed by atoms with Crippen LogP contribution in [0.1, 0.15) is 27.2 Å². The number of carbonyl (C=O) groups is 2. The minimum absolute atomic E-state index is 0.0487. The van der Waals surface area contributed by atoms with Crippen molar-refractivity contribution in [1.82, 2.24) is 0 Å². The Hall–Kier alpha value is -0.860. The maximum atomic E-state index is 10.6. The van der Waals surface area contributed by atoms with Crippen molar-refractivity contribution in [1.29, 1.82) is 0 Å². The molecule has 0 aliphatic heterocycles. The number of carbonyl (C=O) groups excluding carboxylic acids is 2. The van der Waals surface area contributed by atoms with Gasteiger partial charge in [0.25, 0.3) is 0 Å². The summed E-state index contributed by atoms with van der Waals surface area (Å²) in [5.41, 5.74) is 0.0487. The lowest BCUT2D eigenvalue weighted by molar-refractivity contribution is -0.142. The molecule has 66 valence electrons. The largest absolute Gasteiger partial charge is 0.469 e. The van der Waals surface area contributed by atoms with Crippen LogP contribution >= 0.6 is 0 Å². The molecule has 0 bridgehead atoms. The summed E-state index contributed by atoms with van der Waals surface area (Å²) in [6.45, 7) is 8.01. The van der Waals surface area contributed by atoms with Gasteiger partial charge in [0.05, 0.1) is 13.5 Å². The molecule has 0 atom stereocenters. The van der Waals surface area contributed by atoms with Gasteiger partial charge < -0.3 is 9.53 Å². The molecule has 3 heteroatoms. The first kappa shape index (κ1) is 12.8. The molecule has 11 heavy (non-hydrogen) atoms. The van der Waals surface area contributed by atoms with Gasteiger partial charge in [0, 0.05) is 0 Å². The second-order valence-corrected chi connectivity index (χ2v) is 3.31. The zero-order chi connectivity index (χ0) is 9.49. The van der Waals surface area contributed by atoms with E-state index in [9.17, 15) is 4.79 Å². The van der Waals surface area contributed by atoms with Crippen LogP contribution in [-0.2, 0) is 14.3 Å². The minimum Gasteiger partial charge on any atom is -0.469 e. The Kier molecular flexibility index (Phi) is 6.85. The zero-order valence-electron chi connectivity index (χ0n) is 7.64. The van der Waals surface area contributed by atoms with Crippen LogP contribution in [0.25, 0.3) is 0 Å². The van der Waals surface area contributed by atoms with Crippen molar-refractivity contribution < 1.29 is 14.3 Å². The molecule has 0 aromatic rings. The molecule has 0 aromatic carbocycles. The summed E-state index contributed by atoms with van der Waals surface area (Å²) in [6.07, 6.45) is 0.490. The van der Waals surface area contributed by atoms with E-state index in [0.29, 0.717) is 6.42 Å². The van der Waals surface area contributed by atoms with Crippen molar-refractivity contribution in [3.8, 4) is 0 Å². The molecule has 0 amide bonds. The molecule has 0 aliphatic rings. The van der Waals surface area contributed by atoms with E-state index in [1.54, 1.807) is 0 Å². The Bertz CT molecular complexity index is 113. The van der Waals surface area contributed by atoms with E-state index in [-0.39, 0.29) is 11.4 Å². The standard InChI is InChI=1S/C7H14O2.CH2O/c1-7(2,3)5-6(8)9-4;1-2/h5H2,1-4H3;1H2. The van der Waals surface area contributed by atoms with Crippen LogP contribution in [0.15, 0.2) is 0 Å². The second kappa shape index (κ2) is 5.89. The van der Waals surface area contributed by atoms with Gasteiger partial charge in [-0.05, 0) is 5.41 Å². The first-order valence-electron chi connectivity index (χ1n) is 3.31. The summed E-state index contributed by atoms with van der Waals surface area (Å²) in [7, 11) is 1.41. The van der Waals surface area contributed by atoms with Gasteiger partial charge in [-0.15, -0.1) is 0 Å². The van der Waals surface area contributed by atoms with Crippen molar-refractivity contribution in [3.05, 3.63) is 0 Å². The van der Waals surface area contributed by atoms with Crippen molar-refractivity contribution in [3.63, 3.8) is 0 Å². The van der Waals surface area contributed by atoms with Gasteiger partial charge in [0.2, 0.25) is 0 Å². The maximum absolute atomic E-state index is 10.6. The highest BCUT2D eigenvalue weighted by atomic mass is 16.5. The average Bonchev–Trinajstić information content (AvgIpc) is 1.89. The Morgan fingerprint density at radius 3 is 1.82 bits per heavy atom. The normalized spacial score (nSPS) is 9.45. The molecule has 0 saturated heterocycles. The van der Waals surface area contributed by atoms with E-state index >= 15 is 0 Å².